The molecule has 0 aliphatic carbocycles. The van der Waals surface area contributed by atoms with Gasteiger partial charge in [0, 0.05) is 18.3 Å². The Morgan fingerprint density at radius 1 is 1.48 bits per heavy atom. The van der Waals surface area contributed by atoms with Crippen molar-refractivity contribution in [1.29, 1.82) is 0 Å². The molecule has 1 aliphatic heterocycles. The van der Waals surface area contributed by atoms with Crippen LogP contribution in [0.5, 0.6) is 5.75 Å². The number of nitro groups is 1. The van der Waals surface area contributed by atoms with Crippen LogP contribution in [-0.4, -0.2) is 27.6 Å². The van der Waals surface area contributed by atoms with Gasteiger partial charge in [-0.1, -0.05) is 0 Å². The number of aromatic amines is 1. The molecule has 2 aromatic rings. The number of amides is 1. The molecule has 0 spiro atoms. The number of rotatable bonds is 4. The third kappa shape index (κ3) is 2.61. The van der Waals surface area contributed by atoms with Gasteiger partial charge >= 0.3 is 0 Å². The number of nitro benzene ring substituents is 1. The summed E-state index contributed by atoms with van der Waals surface area (Å²) >= 11 is 0. The number of anilines is 2. The van der Waals surface area contributed by atoms with Crippen molar-refractivity contribution in [2.45, 2.75) is 6.54 Å². The van der Waals surface area contributed by atoms with Gasteiger partial charge in [0.05, 0.1) is 22.9 Å². The Morgan fingerprint density at radius 2 is 2.33 bits per heavy atom. The van der Waals surface area contributed by atoms with Crippen LogP contribution in [0.2, 0.25) is 0 Å². The number of benzene rings is 1. The molecule has 0 bridgehead atoms. The van der Waals surface area contributed by atoms with Crippen molar-refractivity contribution >= 4 is 23.0 Å². The number of fused-ring (bicyclic) bond motifs is 1. The fraction of sp³-hybridized carbons (Fsp3) is 0.167. The van der Waals surface area contributed by atoms with Gasteiger partial charge in [0.25, 0.3) is 11.6 Å². The van der Waals surface area contributed by atoms with Crippen molar-refractivity contribution < 1.29 is 14.5 Å². The Morgan fingerprint density at radius 3 is 3.05 bits per heavy atom. The minimum absolute atomic E-state index is 0.117. The van der Waals surface area contributed by atoms with Crippen LogP contribution in [0.1, 0.15) is 5.56 Å². The summed E-state index contributed by atoms with van der Waals surface area (Å²) in [5.74, 6) is -0.00713. The van der Waals surface area contributed by atoms with Crippen LogP contribution in [0, 0.1) is 10.1 Å². The maximum Gasteiger partial charge on any atom is 0.296 e. The molecule has 3 N–H and O–H groups in total. The van der Waals surface area contributed by atoms with Gasteiger partial charge < -0.3 is 15.4 Å². The molecule has 9 heteroatoms. The van der Waals surface area contributed by atoms with E-state index in [4.69, 9.17) is 4.74 Å². The zero-order valence-electron chi connectivity index (χ0n) is 10.8. The molecule has 0 atom stereocenters. The number of carbonyl (C=O) groups excluding carboxylic acids is 1. The van der Waals surface area contributed by atoms with E-state index < -0.39 is 4.92 Å². The van der Waals surface area contributed by atoms with E-state index in [1.165, 1.54) is 12.1 Å². The van der Waals surface area contributed by atoms with Crippen molar-refractivity contribution in [3.05, 3.63) is 40.2 Å². The summed E-state index contributed by atoms with van der Waals surface area (Å²) in [6.45, 7) is 0.219. The van der Waals surface area contributed by atoms with E-state index in [0.717, 1.165) is 5.56 Å². The summed E-state index contributed by atoms with van der Waals surface area (Å²) in [7, 11) is 0. The lowest BCUT2D eigenvalue weighted by molar-refractivity contribution is -0.384. The Labute approximate surface area is 118 Å². The van der Waals surface area contributed by atoms with Crippen molar-refractivity contribution in [2.75, 3.05) is 17.2 Å². The number of nitrogens with zero attached hydrogens (tertiary/aromatic N) is 2. The second-order valence-corrected chi connectivity index (χ2v) is 4.42. The topological polar surface area (TPSA) is 122 Å². The van der Waals surface area contributed by atoms with E-state index in [1.807, 2.05) is 0 Å². The van der Waals surface area contributed by atoms with Crippen molar-refractivity contribution in [2.24, 2.45) is 0 Å². The van der Waals surface area contributed by atoms with Crippen LogP contribution in [0.3, 0.4) is 0 Å². The first-order valence-electron chi connectivity index (χ1n) is 6.10. The van der Waals surface area contributed by atoms with Crippen molar-refractivity contribution in [3.8, 4) is 5.75 Å². The van der Waals surface area contributed by atoms with Crippen LogP contribution >= 0.6 is 0 Å². The third-order valence-electron chi connectivity index (χ3n) is 2.97. The van der Waals surface area contributed by atoms with Crippen LogP contribution in [0.25, 0.3) is 0 Å². The summed E-state index contributed by atoms with van der Waals surface area (Å²) in [5, 5.41) is 23.2. The molecule has 0 fully saturated rings. The Balaban J connectivity index is 1.91. The summed E-state index contributed by atoms with van der Waals surface area (Å²) < 4.78 is 5.17. The van der Waals surface area contributed by atoms with Gasteiger partial charge in [-0.3, -0.25) is 20.0 Å². The first-order valence-corrected chi connectivity index (χ1v) is 6.10. The molecular weight excluding hydrogens is 278 g/mol. The summed E-state index contributed by atoms with van der Waals surface area (Å²) in [4.78, 5) is 21.9. The highest BCUT2D eigenvalue weighted by Gasteiger charge is 2.23. The molecule has 1 aromatic carbocycles. The summed E-state index contributed by atoms with van der Waals surface area (Å²) in [6.07, 6.45) is 3.30. The predicted molar refractivity (Wildman–Crippen MR) is 73.1 cm³/mol. The molecule has 21 heavy (non-hydrogen) atoms. The summed E-state index contributed by atoms with van der Waals surface area (Å²) in [6, 6.07) is 2.79. The third-order valence-corrected chi connectivity index (χ3v) is 2.97. The lowest BCUT2D eigenvalue weighted by atomic mass is 10.2. The van der Waals surface area contributed by atoms with Gasteiger partial charge in [-0.05, 0) is 6.07 Å². The van der Waals surface area contributed by atoms with Crippen LogP contribution in [-0.2, 0) is 11.3 Å². The first kappa shape index (κ1) is 12.9. The first-order chi connectivity index (χ1) is 10.1. The number of nitrogens with one attached hydrogen (secondary N) is 3. The number of hydrogen-bond donors (Lipinski definition) is 3. The Hall–Kier alpha value is -3.10. The molecule has 0 saturated carbocycles. The monoisotopic (exact) mass is 289 g/mol. The van der Waals surface area contributed by atoms with Crippen LogP contribution < -0.4 is 15.4 Å². The highest BCUT2D eigenvalue weighted by atomic mass is 16.6. The SMILES string of the molecule is O=C1COc2cc([N+](=O)[O-])c(NCc3cn[nH]c3)cc2N1. The van der Waals surface area contributed by atoms with Gasteiger partial charge in [0.15, 0.2) is 12.4 Å². The standard InChI is InChI=1S/C12H11N5O4/c18-12-6-21-11-2-10(17(19)20)8(1-9(11)16-12)13-3-7-4-14-15-5-7/h1-2,4-5,13H,3,6H2,(H,14,15)(H,16,18). The minimum atomic E-state index is -0.502. The van der Waals surface area contributed by atoms with Crippen LogP contribution in [0.15, 0.2) is 24.5 Å². The molecule has 1 amide bonds. The van der Waals surface area contributed by atoms with Crippen molar-refractivity contribution in [1.82, 2.24) is 10.2 Å². The molecule has 2 heterocycles. The lowest BCUT2D eigenvalue weighted by Gasteiger charge is -2.19. The normalized spacial score (nSPS) is 13.0. The van der Waals surface area contributed by atoms with E-state index in [-0.39, 0.29) is 24.0 Å². The number of ether oxygens (including phenoxy) is 1. The van der Waals surface area contributed by atoms with E-state index >= 15 is 0 Å². The van der Waals surface area contributed by atoms with Gasteiger partial charge in [-0.15, -0.1) is 0 Å². The summed E-state index contributed by atoms with van der Waals surface area (Å²) in [5.41, 5.74) is 1.44. The fourth-order valence-electron chi connectivity index (χ4n) is 1.98. The van der Waals surface area contributed by atoms with E-state index in [2.05, 4.69) is 20.8 Å². The molecule has 0 saturated heterocycles. The van der Waals surface area contributed by atoms with Gasteiger partial charge in [-0.2, -0.15) is 5.10 Å². The zero-order valence-corrected chi connectivity index (χ0v) is 10.8. The average Bonchev–Trinajstić information content (AvgIpc) is 2.97. The van der Waals surface area contributed by atoms with E-state index in [1.54, 1.807) is 12.4 Å². The minimum Gasteiger partial charge on any atom is -0.481 e. The second kappa shape index (κ2) is 5.12. The molecule has 3 rings (SSSR count). The quantitative estimate of drug-likeness (QED) is 0.575. The Bertz CT molecular complexity index is 698. The molecular formula is C12H11N5O4. The molecule has 108 valence electrons. The van der Waals surface area contributed by atoms with Crippen LogP contribution in [0.4, 0.5) is 17.1 Å². The molecule has 1 aliphatic rings. The average molecular weight is 289 g/mol. The van der Waals surface area contributed by atoms with Gasteiger partial charge in [0.1, 0.15) is 5.69 Å². The van der Waals surface area contributed by atoms with Gasteiger partial charge in [0.2, 0.25) is 0 Å². The molecule has 0 unspecified atom stereocenters. The number of hydrogen-bond acceptors (Lipinski definition) is 6. The largest absolute Gasteiger partial charge is 0.481 e. The molecule has 0 radical (unpaired) electrons. The number of H-pyrrole nitrogens is 1. The number of carbonyl (C=O) groups is 1. The van der Waals surface area contributed by atoms with E-state index in [0.29, 0.717) is 17.9 Å². The smallest absolute Gasteiger partial charge is 0.296 e. The second-order valence-electron chi connectivity index (χ2n) is 4.42. The van der Waals surface area contributed by atoms with Crippen molar-refractivity contribution in [3.63, 3.8) is 0 Å². The highest BCUT2D eigenvalue weighted by Crippen LogP contribution is 2.37. The Kier molecular flexibility index (Phi) is 3.14. The lowest BCUT2D eigenvalue weighted by Crippen LogP contribution is -2.25. The van der Waals surface area contributed by atoms with E-state index in [9.17, 15) is 14.9 Å². The number of aromatic nitrogens is 2. The van der Waals surface area contributed by atoms with Gasteiger partial charge in [-0.25, -0.2) is 0 Å². The highest BCUT2D eigenvalue weighted by molar-refractivity contribution is 5.96. The maximum absolute atomic E-state index is 11.3. The zero-order chi connectivity index (χ0) is 14.8. The fourth-order valence-corrected chi connectivity index (χ4v) is 1.98. The maximum atomic E-state index is 11.3. The molecule has 9 nitrogen and oxygen atoms in total. The molecule has 1 aromatic heterocycles. The predicted octanol–water partition coefficient (Wildman–Crippen LogP) is 1.26.